The molecule has 1 aliphatic rings. The van der Waals surface area contributed by atoms with Gasteiger partial charge in [0, 0.05) is 5.54 Å². The van der Waals surface area contributed by atoms with Gasteiger partial charge in [-0.25, -0.2) is 0 Å². The Morgan fingerprint density at radius 2 is 2.00 bits per heavy atom. The van der Waals surface area contributed by atoms with Gasteiger partial charge in [-0.1, -0.05) is 19.3 Å². The summed E-state index contributed by atoms with van der Waals surface area (Å²) in [5.74, 6) is 0.913. The molecule has 3 nitrogen and oxygen atoms in total. The third kappa shape index (κ3) is 1.89. The van der Waals surface area contributed by atoms with Gasteiger partial charge in [0.2, 0.25) is 0 Å². The highest BCUT2D eigenvalue weighted by Gasteiger charge is 2.41. The highest BCUT2D eigenvalue weighted by atomic mass is 16.3. The van der Waals surface area contributed by atoms with E-state index in [4.69, 9.17) is 10.2 Å². The van der Waals surface area contributed by atoms with Crippen LogP contribution in [0.5, 0.6) is 0 Å². The van der Waals surface area contributed by atoms with Crippen LogP contribution in [0.3, 0.4) is 0 Å². The molecule has 1 aromatic heterocycles. The van der Waals surface area contributed by atoms with Gasteiger partial charge in [-0.3, -0.25) is 0 Å². The fourth-order valence-electron chi connectivity index (χ4n) is 2.93. The van der Waals surface area contributed by atoms with Crippen molar-refractivity contribution in [2.45, 2.75) is 43.7 Å². The highest BCUT2D eigenvalue weighted by molar-refractivity contribution is 5.13. The fraction of sp³-hybridized carbons (Fsp3) is 0.692. The van der Waals surface area contributed by atoms with Gasteiger partial charge in [-0.05, 0) is 39.1 Å². The van der Waals surface area contributed by atoms with Gasteiger partial charge in [-0.2, -0.15) is 0 Å². The Morgan fingerprint density at radius 3 is 2.50 bits per heavy atom. The van der Waals surface area contributed by atoms with Gasteiger partial charge in [0.25, 0.3) is 0 Å². The molecule has 0 radical (unpaired) electrons. The van der Waals surface area contributed by atoms with Crippen molar-refractivity contribution in [1.29, 1.82) is 0 Å². The van der Waals surface area contributed by atoms with Crippen molar-refractivity contribution < 1.29 is 4.42 Å². The molecule has 1 aromatic rings. The van der Waals surface area contributed by atoms with Gasteiger partial charge in [0.05, 0.1) is 12.3 Å². The summed E-state index contributed by atoms with van der Waals surface area (Å²) in [6.45, 7) is 0. The van der Waals surface area contributed by atoms with E-state index in [0.29, 0.717) is 0 Å². The molecule has 0 aromatic carbocycles. The zero-order valence-corrected chi connectivity index (χ0v) is 10.3. The largest absolute Gasteiger partial charge is 0.468 e. The minimum absolute atomic E-state index is 0.0159. The number of hydrogen-bond donors (Lipinski definition) is 1. The monoisotopic (exact) mass is 222 g/mol. The van der Waals surface area contributed by atoms with Crippen molar-refractivity contribution in [3.63, 3.8) is 0 Å². The molecule has 1 fully saturated rings. The van der Waals surface area contributed by atoms with Crippen LogP contribution in [0.15, 0.2) is 22.8 Å². The Labute approximate surface area is 97.6 Å². The van der Waals surface area contributed by atoms with E-state index in [2.05, 4.69) is 19.0 Å². The summed E-state index contributed by atoms with van der Waals surface area (Å²) in [6, 6.07) is 3.89. The first-order valence-electron chi connectivity index (χ1n) is 6.13. The Bertz CT molecular complexity index is 313. The van der Waals surface area contributed by atoms with Gasteiger partial charge in [-0.15, -0.1) is 0 Å². The van der Waals surface area contributed by atoms with Crippen molar-refractivity contribution >= 4 is 0 Å². The van der Waals surface area contributed by atoms with Crippen LogP contribution in [0, 0.1) is 0 Å². The quantitative estimate of drug-likeness (QED) is 0.854. The average Bonchev–Trinajstić information content (AvgIpc) is 2.82. The molecule has 0 bridgehead atoms. The summed E-state index contributed by atoms with van der Waals surface area (Å²) in [5, 5.41) is 0. The van der Waals surface area contributed by atoms with Gasteiger partial charge in [0.1, 0.15) is 5.76 Å². The first-order chi connectivity index (χ1) is 7.67. The van der Waals surface area contributed by atoms with Crippen LogP contribution in [-0.4, -0.2) is 24.5 Å². The van der Waals surface area contributed by atoms with Crippen LogP contribution in [0.2, 0.25) is 0 Å². The Balaban J connectivity index is 2.25. The molecule has 0 aliphatic heterocycles. The van der Waals surface area contributed by atoms with Crippen LogP contribution < -0.4 is 5.73 Å². The summed E-state index contributed by atoms with van der Waals surface area (Å²) in [7, 11) is 4.27. The smallest absolute Gasteiger partial charge is 0.122 e. The van der Waals surface area contributed by atoms with Crippen molar-refractivity contribution in [2.75, 3.05) is 14.1 Å². The van der Waals surface area contributed by atoms with E-state index in [-0.39, 0.29) is 11.6 Å². The molecule has 0 saturated heterocycles. The number of rotatable bonds is 3. The van der Waals surface area contributed by atoms with Crippen molar-refractivity contribution in [1.82, 2.24) is 4.90 Å². The second kappa shape index (κ2) is 4.60. The maximum Gasteiger partial charge on any atom is 0.122 e. The zero-order chi connectivity index (χ0) is 11.6. The van der Waals surface area contributed by atoms with Crippen LogP contribution in [0.1, 0.15) is 43.9 Å². The average molecular weight is 222 g/mol. The van der Waals surface area contributed by atoms with Crippen molar-refractivity contribution in [2.24, 2.45) is 5.73 Å². The van der Waals surface area contributed by atoms with Gasteiger partial charge < -0.3 is 15.1 Å². The third-order valence-electron chi connectivity index (χ3n) is 4.04. The second-order valence-corrected chi connectivity index (χ2v) is 5.05. The summed E-state index contributed by atoms with van der Waals surface area (Å²) in [4.78, 5) is 2.29. The number of likely N-dealkylation sites (N-methyl/N-ethyl adjacent to an activating group) is 1. The van der Waals surface area contributed by atoms with Crippen molar-refractivity contribution in [3.8, 4) is 0 Å². The molecule has 0 spiro atoms. The number of furan rings is 1. The lowest BCUT2D eigenvalue weighted by Crippen LogP contribution is -2.53. The molecule has 16 heavy (non-hydrogen) atoms. The number of nitrogens with zero attached hydrogens (tertiary/aromatic N) is 1. The Kier molecular flexibility index (Phi) is 3.36. The lowest BCUT2D eigenvalue weighted by Gasteiger charge is -2.46. The SMILES string of the molecule is CN(C)C1(C(N)c2ccco2)CCCCC1. The molecular formula is C13H22N2O. The molecule has 90 valence electrons. The summed E-state index contributed by atoms with van der Waals surface area (Å²) >= 11 is 0. The van der Waals surface area contributed by atoms with Gasteiger partial charge >= 0.3 is 0 Å². The van der Waals surface area contributed by atoms with Crippen LogP contribution in [0.4, 0.5) is 0 Å². The predicted molar refractivity (Wildman–Crippen MR) is 65.1 cm³/mol. The highest BCUT2D eigenvalue weighted by Crippen LogP contribution is 2.40. The third-order valence-corrected chi connectivity index (χ3v) is 4.04. The molecule has 0 amide bonds. The minimum atomic E-state index is -0.0159. The molecule has 2 N–H and O–H groups in total. The van der Waals surface area contributed by atoms with E-state index in [1.165, 1.54) is 32.1 Å². The molecule has 1 saturated carbocycles. The number of nitrogens with two attached hydrogens (primary N) is 1. The van der Waals surface area contributed by atoms with E-state index in [1.807, 2.05) is 12.1 Å². The molecule has 3 heteroatoms. The van der Waals surface area contributed by atoms with Crippen LogP contribution in [-0.2, 0) is 0 Å². The van der Waals surface area contributed by atoms with E-state index < -0.39 is 0 Å². The van der Waals surface area contributed by atoms with Crippen molar-refractivity contribution in [3.05, 3.63) is 24.2 Å². The first-order valence-corrected chi connectivity index (χ1v) is 6.13. The molecule has 1 unspecified atom stereocenters. The summed E-state index contributed by atoms with van der Waals surface area (Å²) in [5.41, 5.74) is 6.49. The van der Waals surface area contributed by atoms with Crippen LogP contribution in [0.25, 0.3) is 0 Å². The maximum atomic E-state index is 6.41. The van der Waals surface area contributed by atoms with E-state index >= 15 is 0 Å². The Morgan fingerprint density at radius 1 is 1.31 bits per heavy atom. The second-order valence-electron chi connectivity index (χ2n) is 5.05. The fourth-order valence-corrected chi connectivity index (χ4v) is 2.93. The van der Waals surface area contributed by atoms with Gasteiger partial charge in [0.15, 0.2) is 0 Å². The zero-order valence-electron chi connectivity index (χ0n) is 10.3. The number of hydrogen-bond acceptors (Lipinski definition) is 3. The van der Waals surface area contributed by atoms with E-state index in [9.17, 15) is 0 Å². The molecule has 2 rings (SSSR count). The molecular weight excluding hydrogens is 200 g/mol. The standard InChI is InChI=1S/C13H22N2O/c1-15(2)13(8-4-3-5-9-13)12(14)11-7-6-10-16-11/h6-7,10,12H,3-5,8-9,14H2,1-2H3. The lowest BCUT2D eigenvalue weighted by atomic mass is 9.75. The topological polar surface area (TPSA) is 42.4 Å². The summed E-state index contributed by atoms with van der Waals surface area (Å²) in [6.07, 6.45) is 7.92. The van der Waals surface area contributed by atoms with E-state index in [0.717, 1.165) is 5.76 Å². The minimum Gasteiger partial charge on any atom is -0.468 e. The first kappa shape index (κ1) is 11.7. The maximum absolute atomic E-state index is 6.41. The molecule has 1 atom stereocenters. The van der Waals surface area contributed by atoms with E-state index in [1.54, 1.807) is 6.26 Å². The lowest BCUT2D eigenvalue weighted by molar-refractivity contribution is 0.0635. The predicted octanol–water partition coefficient (Wildman–Crippen LogP) is 2.54. The molecule has 1 heterocycles. The molecule has 1 aliphatic carbocycles. The normalized spacial score (nSPS) is 22.2. The Hall–Kier alpha value is -0.800. The summed E-state index contributed by atoms with van der Waals surface area (Å²) < 4.78 is 5.47. The van der Waals surface area contributed by atoms with Crippen LogP contribution >= 0.6 is 0 Å².